The Bertz CT molecular complexity index is 1110. The molecule has 0 saturated heterocycles. The van der Waals surface area contributed by atoms with Gasteiger partial charge in [-0.1, -0.05) is 124 Å². The molecule has 0 atom stereocenters. The third kappa shape index (κ3) is 3.52. The molecule has 0 heterocycles. The summed E-state index contributed by atoms with van der Waals surface area (Å²) in [6.45, 7) is 4.74. The average Bonchev–Trinajstić information content (AvgIpc) is 2.90. The molecule has 0 spiro atoms. The zero-order valence-electron chi connectivity index (χ0n) is 20.4. The van der Waals surface area contributed by atoms with Crippen LogP contribution in [0.25, 0.3) is 0 Å². The van der Waals surface area contributed by atoms with E-state index in [1.165, 1.54) is 47.9 Å². The van der Waals surface area contributed by atoms with Crippen molar-refractivity contribution >= 4 is 0 Å². The van der Waals surface area contributed by atoms with Crippen LogP contribution in [-0.2, 0) is 0 Å². The number of hydrogen-bond acceptors (Lipinski definition) is 0. The summed E-state index contributed by atoms with van der Waals surface area (Å²) in [5.41, 5.74) is 12.3. The molecule has 0 heteroatoms. The molecule has 0 bridgehead atoms. The number of fused-ring (bicyclic) bond motifs is 4. The summed E-state index contributed by atoms with van der Waals surface area (Å²) >= 11 is 0. The summed E-state index contributed by atoms with van der Waals surface area (Å²) in [4.78, 5) is 0. The van der Waals surface area contributed by atoms with Crippen molar-refractivity contribution in [2.45, 2.75) is 63.2 Å². The lowest BCUT2D eigenvalue weighted by atomic mass is 9.70. The first-order valence-corrected chi connectivity index (χ1v) is 13.1. The van der Waals surface area contributed by atoms with Crippen LogP contribution in [0.1, 0.15) is 108 Å². The molecular weight excluding hydrogens is 408 g/mol. The highest BCUT2D eigenvalue weighted by molar-refractivity contribution is 5.53. The van der Waals surface area contributed by atoms with E-state index in [0.717, 1.165) is 0 Å². The molecule has 170 valence electrons. The average molecular weight is 443 g/mol. The monoisotopic (exact) mass is 442 g/mol. The molecule has 0 unspecified atom stereocenters. The molecule has 0 radical (unpaired) electrons. The van der Waals surface area contributed by atoms with E-state index in [-0.39, 0.29) is 0 Å². The topological polar surface area (TPSA) is 0 Å². The first-order valence-electron chi connectivity index (χ1n) is 13.1. The Morgan fingerprint density at radius 3 is 0.882 bits per heavy atom. The van der Waals surface area contributed by atoms with Crippen molar-refractivity contribution in [3.63, 3.8) is 0 Å². The van der Waals surface area contributed by atoms with Gasteiger partial charge in [0.25, 0.3) is 0 Å². The molecule has 34 heavy (non-hydrogen) atoms. The maximum atomic E-state index is 2.38. The fraction of sp³-hybridized carbons (Fsp3) is 0.294. The van der Waals surface area contributed by atoms with Gasteiger partial charge >= 0.3 is 0 Å². The Labute approximate surface area is 204 Å². The number of benzene rings is 4. The van der Waals surface area contributed by atoms with Crippen LogP contribution in [0.3, 0.4) is 0 Å². The van der Waals surface area contributed by atoms with Gasteiger partial charge < -0.3 is 0 Å². The first kappa shape index (κ1) is 21.4. The molecule has 0 aliphatic heterocycles. The molecule has 0 amide bonds. The van der Waals surface area contributed by atoms with Crippen LogP contribution in [0.5, 0.6) is 0 Å². The van der Waals surface area contributed by atoms with Crippen LogP contribution < -0.4 is 0 Å². The zero-order valence-corrected chi connectivity index (χ0v) is 20.4. The first-order chi connectivity index (χ1) is 16.7. The molecule has 4 aromatic carbocycles. The molecule has 0 fully saturated rings. The van der Waals surface area contributed by atoms with Crippen molar-refractivity contribution in [1.82, 2.24) is 0 Å². The van der Waals surface area contributed by atoms with Crippen LogP contribution in [0.2, 0.25) is 0 Å². The van der Waals surface area contributed by atoms with Crippen molar-refractivity contribution in [3.8, 4) is 0 Å². The Hall–Kier alpha value is -3.12. The van der Waals surface area contributed by atoms with Crippen LogP contribution in [0.4, 0.5) is 0 Å². The maximum absolute atomic E-state index is 2.38. The Kier molecular flexibility index (Phi) is 5.61. The minimum absolute atomic E-state index is 0.487. The standard InChI is InChI=1S/C34H34/c1-23-25-13-3-7-17-29(25)33(30-18-8-4-14-26(23)30)21-11-12-22-34-31-19-9-5-15-27(31)24(2)28-16-6-10-20-32(28)34/h3-10,13-20,23-24,33-34H,11-12,21-22H2,1-2H3. The normalized spacial score (nSPS) is 22.3. The van der Waals surface area contributed by atoms with Gasteiger partial charge in [-0.3, -0.25) is 0 Å². The van der Waals surface area contributed by atoms with E-state index in [1.54, 1.807) is 22.3 Å². The van der Waals surface area contributed by atoms with Crippen LogP contribution in [0.15, 0.2) is 97.1 Å². The molecule has 6 rings (SSSR count). The lowest BCUT2D eigenvalue weighted by Gasteiger charge is -2.34. The summed E-state index contributed by atoms with van der Waals surface area (Å²) < 4.78 is 0. The number of unbranched alkanes of at least 4 members (excludes halogenated alkanes) is 1. The van der Waals surface area contributed by atoms with E-state index in [9.17, 15) is 0 Å². The Balaban J connectivity index is 1.23. The smallest absolute Gasteiger partial charge is 0.00952 e. The molecule has 0 saturated carbocycles. The largest absolute Gasteiger partial charge is 0.0620 e. The van der Waals surface area contributed by atoms with Gasteiger partial charge in [-0.15, -0.1) is 0 Å². The predicted molar refractivity (Wildman–Crippen MR) is 143 cm³/mol. The lowest BCUT2D eigenvalue weighted by molar-refractivity contribution is 0.555. The van der Waals surface area contributed by atoms with Crippen LogP contribution in [0, 0.1) is 0 Å². The fourth-order valence-electron chi connectivity index (χ4n) is 6.88. The highest BCUT2D eigenvalue weighted by Crippen LogP contribution is 2.47. The van der Waals surface area contributed by atoms with Gasteiger partial charge in [-0.25, -0.2) is 0 Å². The minimum atomic E-state index is 0.487. The third-order valence-electron chi connectivity index (χ3n) is 8.59. The second-order valence-electron chi connectivity index (χ2n) is 10.3. The predicted octanol–water partition coefficient (Wildman–Crippen LogP) is 9.14. The second kappa shape index (κ2) is 8.91. The van der Waals surface area contributed by atoms with E-state index < -0.39 is 0 Å². The van der Waals surface area contributed by atoms with E-state index in [0.29, 0.717) is 23.7 Å². The van der Waals surface area contributed by atoms with Crippen molar-refractivity contribution in [2.75, 3.05) is 0 Å². The molecule has 0 N–H and O–H groups in total. The molecule has 2 aliphatic rings. The van der Waals surface area contributed by atoms with Gasteiger partial charge in [-0.05, 0) is 57.3 Å². The molecule has 0 nitrogen and oxygen atoms in total. The summed E-state index contributed by atoms with van der Waals surface area (Å²) in [6, 6.07) is 36.6. The quantitative estimate of drug-likeness (QED) is 0.270. The van der Waals surface area contributed by atoms with E-state index in [1.807, 2.05) is 0 Å². The number of hydrogen-bond donors (Lipinski definition) is 0. The van der Waals surface area contributed by atoms with Gasteiger partial charge in [0, 0.05) is 23.7 Å². The van der Waals surface area contributed by atoms with E-state index in [4.69, 9.17) is 0 Å². The summed E-state index contributed by atoms with van der Waals surface area (Å²) in [5, 5.41) is 0. The Morgan fingerprint density at radius 1 is 0.382 bits per heavy atom. The molecule has 2 aliphatic carbocycles. The molecule has 0 aromatic heterocycles. The van der Waals surface area contributed by atoms with Gasteiger partial charge in [-0.2, -0.15) is 0 Å². The van der Waals surface area contributed by atoms with Crippen molar-refractivity contribution in [2.24, 2.45) is 0 Å². The Morgan fingerprint density at radius 2 is 0.618 bits per heavy atom. The van der Waals surface area contributed by atoms with E-state index in [2.05, 4.69) is 111 Å². The van der Waals surface area contributed by atoms with Crippen molar-refractivity contribution < 1.29 is 0 Å². The highest BCUT2D eigenvalue weighted by Gasteiger charge is 2.31. The lowest BCUT2D eigenvalue weighted by Crippen LogP contribution is -2.17. The maximum Gasteiger partial charge on any atom is 0.00952 e. The summed E-state index contributed by atoms with van der Waals surface area (Å²) in [6.07, 6.45) is 4.98. The molecule has 4 aromatic rings. The zero-order chi connectivity index (χ0) is 23.1. The van der Waals surface area contributed by atoms with Crippen LogP contribution in [-0.4, -0.2) is 0 Å². The van der Waals surface area contributed by atoms with Crippen LogP contribution >= 0.6 is 0 Å². The third-order valence-corrected chi connectivity index (χ3v) is 8.59. The van der Waals surface area contributed by atoms with E-state index >= 15 is 0 Å². The minimum Gasteiger partial charge on any atom is -0.0620 e. The second-order valence-corrected chi connectivity index (χ2v) is 10.3. The van der Waals surface area contributed by atoms with Gasteiger partial charge in [0.1, 0.15) is 0 Å². The van der Waals surface area contributed by atoms with Gasteiger partial charge in [0.05, 0.1) is 0 Å². The summed E-state index contributed by atoms with van der Waals surface area (Å²) in [7, 11) is 0. The number of rotatable bonds is 5. The molecular formula is C34H34. The van der Waals surface area contributed by atoms with Crippen molar-refractivity contribution in [1.29, 1.82) is 0 Å². The van der Waals surface area contributed by atoms with Gasteiger partial charge in [0.2, 0.25) is 0 Å². The SMILES string of the molecule is CC1c2ccccc2C(CCCCC2c3ccccc3C(C)c3ccccc32)c2ccccc21. The van der Waals surface area contributed by atoms with Gasteiger partial charge in [0.15, 0.2) is 0 Å². The van der Waals surface area contributed by atoms with Crippen molar-refractivity contribution in [3.05, 3.63) is 142 Å². The summed E-state index contributed by atoms with van der Waals surface area (Å²) in [5.74, 6) is 2.02. The fourth-order valence-corrected chi connectivity index (χ4v) is 6.88. The highest BCUT2D eigenvalue weighted by atomic mass is 14.3.